The van der Waals surface area contributed by atoms with Gasteiger partial charge in [-0.25, -0.2) is 0 Å². The molecule has 2 heterocycles. The third-order valence-electron chi connectivity index (χ3n) is 5.69. The summed E-state index contributed by atoms with van der Waals surface area (Å²) in [6.45, 7) is 5.18. The van der Waals surface area contributed by atoms with E-state index in [9.17, 15) is 4.79 Å². The van der Waals surface area contributed by atoms with Crippen molar-refractivity contribution in [1.82, 2.24) is 9.88 Å². The predicted molar refractivity (Wildman–Crippen MR) is 94.7 cm³/mol. The molecule has 3 heteroatoms. The van der Waals surface area contributed by atoms with Gasteiger partial charge in [0, 0.05) is 24.9 Å². The quantitative estimate of drug-likeness (QED) is 0.850. The Morgan fingerprint density at radius 1 is 1.08 bits per heavy atom. The van der Waals surface area contributed by atoms with Crippen LogP contribution in [0.15, 0.2) is 42.7 Å². The highest BCUT2D eigenvalue weighted by atomic mass is 16.2. The highest BCUT2D eigenvalue weighted by molar-refractivity contribution is 5.83. The first-order valence-electron chi connectivity index (χ1n) is 8.92. The minimum absolute atomic E-state index is 0.176. The molecule has 0 unspecified atom stereocenters. The van der Waals surface area contributed by atoms with E-state index in [1.807, 2.05) is 24.5 Å². The lowest BCUT2D eigenvalue weighted by Gasteiger charge is -2.25. The zero-order valence-corrected chi connectivity index (χ0v) is 14.4. The first-order valence-corrected chi connectivity index (χ1v) is 8.92. The number of rotatable bonds is 3. The van der Waals surface area contributed by atoms with Gasteiger partial charge in [0.25, 0.3) is 0 Å². The number of nitrogens with zero attached hydrogens (tertiary/aromatic N) is 2. The van der Waals surface area contributed by atoms with Crippen molar-refractivity contribution in [3.8, 4) is 0 Å². The standard InChI is InChI=1S/C21H24N2O/c1-14-5-6-17(12-15(14)2)18-13-19(18)21(24)23-11-3-4-20(23)16-7-9-22-10-8-16/h5-10,12,18-20H,3-4,11,13H2,1-2H3/t18-,19-,20+/m0/s1. The monoisotopic (exact) mass is 320 g/mol. The van der Waals surface area contributed by atoms with Gasteiger partial charge >= 0.3 is 0 Å². The molecule has 1 aromatic heterocycles. The number of carbonyl (C=O) groups is 1. The SMILES string of the molecule is Cc1ccc([C@@H]2C[C@@H]2C(=O)N2CCC[C@@H]2c2ccncc2)cc1C. The highest BCUT2D eigenvalue weighted by Gasteiger charge is 2.47. The molecule has 124 valence electrons. The summed E-state index contributed by atoms with van der Waals surface area (Å²) in [5, 5.41) is 0. The Labute approximate surface area is 143 Å². The molecule has 0 spiro atoms. The maximum Gasteiger partial charge on any atom is 0.226 e. The Bertz CT molecular complexity index is 756. The number of hydrogen-bond donors (Lipinski definition) is 0. The first kappa shape index (κ1) is 15.4. The van der Waals surface area contributed by atoms with Crippen LogP contribution in [0.2, 0.25) is 0 Å². The smallest absolute Gasteiger partial charge is 0.226 e. The van der Waals surface area contributed by atoms with E-state index >= 15 is 0 Å². The van der Waals surface area contributed by atoms with E-state index in [0.29, 0.717) is 11.8 Å². The second-order valence-corrected chi connectivity index (χ2v) is 7.26. The molecular formula is C21H24N2O. The fourth-order valence-corrected chi connectivity index (χ4v) is 4.01. The molecule has 1 aliphatic carbocycles. The van der Waals surface area contributed by atoms with E-state index in [4.69, 9.17) is 0 Å². The number of hydrogen-bond acceptors (Lipinski definition) is 2. The summed E-state index contributed by atoms with van der Waals surface area (Å²) >= 11 is 0. The molecule has 4 rings (SSSR count). The van der Waals surface area contributed by atoms with Crippen molar-refractivity contribution in [2.75, 3.05) is 6.54 Å². The zero-order chi connectivity index (χ0) is 16.7. The molecule has 1 aromatic carbocycles. The van der Waals surface area contributed by atoms with E-state index in [2.05, 4.69) is 41.9 Å². The summed E-state index contributed by atoms with van der Waals surface area (Å²) in [4.78, 5) is 19.2. The largest absolute Gasteiger partial charge is 0.335 e. The van der Waals surface area contributed by atoms with E-state index in [0.717, 1.165) is 25.8 Å². The van der Waals surface area contributed by atoms with Crippen LogP contribution in [0.4, 0.5) is 0 Å². The maximum atomic E-state index is 13.0. The maximum absolute atomic E-state index is 13.0. The van der Waals surface area contributed by atoms with Gasteiger partial charge in [0.15, 0.2) is 0 Å². The van der Waals surface area contributed by atoms with Gasteiger partial charge in [-0.15, -0.1) is 0 Å². The Morgan fingerprint density at radius 3 is 2.62 bits per heavy atom. The Morgan fingerprint density at radius 2 is 1.88 bits per heavy atom. The molecule has 2 aliphatic rings. The van der Waals surface area contributed by atoms with E-state index in [1.54, 1.807) is 0 Å². The zero-order valence-electron chi connectivity index (χ0n) is 14.4. The van der Waals surface area contributed by atoms with Crippen LogP contribution in [-0.2, 0) is 4.79 Å². The second-order valence-electron chi connectivity index (χ2n) is 7.26. The Balaban J connectivity index is 1.49. The van der Waals surface area contributed by atoms with E-state index in [-0.39, 0.29) is 12.0 Å². The van der Waals surface area contributed by atoms with Crippen molar-refractivity contribution < 1.29 is 4.79 Å². The average Bonchev–Trinajstić information content (AvgIpc) is 3.25. The number of likely N-dealkylation sites (tertiary alicyclic amines) is 1. The van der Waals surface area contributed by atoms with E-state index in [1.165, 1.54) is 22.3 Å². The summed E-state index contributed by atoms with van der Waals surface area (Å²) in [5.74, 6) is 0.933. The summed E-state index contributed by atoms with van der Waals surface area (Å²) in [6.07, 6.45) is 6.81. The summed E-state index contributed by atoms with van der Waals surface area (Å²) in [7, 11) is 0. The number of pyridine rings is 1. The molecule has 24 heavy (non-hydrogen) atoms. The molecule has 1 amide bonds. The van der Waals surface area contributed by atoms with Crippen molar-refractivity contribution in [3.63, 3.8) is 0 Å². The molecule has 1 saturated carbocycles. The van der Waals surface area contributed by atoms with Crippen molar-refractivity contribution in [3.05, 3.63) is 65.0 Å². The van der Waals surface area contributed by atoms with Crippen molar-refractivity contribution >= 4 is 5.91 Å². The normalized spacial score (nSPS) is 25.8. The van der Waals surface area contributed by atoms with Crippen LogP contribution in [0, 0.1) is 19.8 Å². The van der Waals surface area contributed by atoms with E-state index < -0.39 is 0 Å². The summed E-state index contributed by atoms with van der Waals surface area (Å²) in [5.41, 5.74) is 5.19. The lowest BCUT2D eigenvalue weighted by Crippen LogP contribution is -2.32. The van der Waals surface area contributed by atoms with Gasteiger partial charge in [-0.3, -0.25) is 9.78 Å². The topological polar surface area (TPSA) is 33.2 Å². The van der Waals surface area contributed by atoms with Gasteiger partial charge < -0.3 is 4.90 Å². The number of aryl methyl sites for hydroxylation is 2. The van der Waals surface area contributed by atoms with Crippen LogP contribution < -0.4 is 0 Å². The minimum Gasteiger partial charge on any atom is -0.335 e. The molecule has 0 N–H and O–H groups in total. The van der Waals surface area contributed by atoms with Crippen LogP contribution >= 0.6 is 0 Å². The van der Waals surface area contributed by atoms with Crippen LogP contribution in [0.25, 0.3) is 0 Å². The molecule has 3 atom stereocenters. The minimum atomic E-state index is 0.176. The molecule has 1 saturated heterocycles. The van der Waals surface area contributed by atoms with Crippen LogP contribution in [0.1, 0.15) is 53.5 Å². The van der Waals surface area contributed by atoms with Gasteiger partial charge in [-0.2, -0.15) is 0 Å². The lowest BCUT2D eigenvalue weighted by molar-refractivity contribution is -0.133. The first-order chi connectivity index (χ1) is 11.6. The Kier molecular flexibility index (Phi) is 3.87. The molecule has 0 radical (unpaired) electrons. The molecule has 2 aromatic rings. The fourth-order valence-electron chi connectivity index (χ4n) is 4.01. The van der Waals surface area contributed by atoms with Crippen LogP contribution in [0.5, 0.6) is 0 Å². The second kappa shape index (κ2) is 6.04. The van der Waals surface area contributed by atoms with Crippen LogP contribution in [-0.4, -0.2) is 22.3 Å². The third-order valence-corrected chi connectivity index (χ3v) is 5.69. The summed E-state index contributed by atoms with van der Waals surface area (Å²) < 4.78 is 0. The fraction of sp³-hybridized carbons (Fsp3) is 0.429. The molecule has 1 aliphatic heterocycles. The number of aromatic nitrogens is 1. The lowest BCUT2D eigenvalue weighted by atomic mass is 10.0. The third kappa shape index (κ3) is 2.72. The van der Waals surface area contributed by atoms with Gasteiger partial charge in [0.2, 0.25) is 5.91 Å². The highest BCUT2D eigenvalue weighted by Crippen LogP contribution is 2.50. The molecule has 3 nitrogen and oxygen atoms in total. The molecular weight excluding hydrogens is 296 g/mol. The predicted octanol–water partition coefficient (Wildman–Crippen LogP) is 4.17. The van der Waals surface area contributed by atoms with Gasteiger partial charge in [0.1, 0.15) is 0 Å². The molecule has 0 bridgehead atoms. The van der Waals surface area contributed by atoms with Crippen molar-refractivity contribution in [1.29, 1.82) is 0 Å². The van der Waals surface area contributed by atoms with Crippen molar-refractivity contribution in [2.24, 2.45) is 5.92 Å². The number of benzene rings is 1. The van der Waals surface area contributed by atoms with Gasteiger partial charge in [-0.05, 0) is 73.4 Å². The van der Waals surface area contributed by atoms with Gasteiger partial charge in [-0.1, -0.05) is 18.2 Å². The molecule has 2 fully saturated rings. The summed E-state index contributed by atoms with van der Waals surface area (Å²) in [6, 6.07) is 11.0. The Hall–Kier alpha value is -2.16. The number of carbonyl (C=O) groups excluding carboxylic acids is 1. The van der Waals surface area contributed by atoms with Gasteiger partial charge in [0.05, 0.1) is 6.04 Å². The average molecular weight is 320 g/mol. The van der Waals surface area contributed by atoms with Crippen LogP contribution in [0.3, 0.4) is 0 Å². The van der Waals surface area contributed by atoms with Crippen molar-refractivity contribution in [2.45, 2.75) is 45.1 Å². The number of amides is 1.